The Bertz CT molecular complexity index is 629. The van der Waals surface area contributed by atoms with Crippen molar-refractivity contribution in [3.63, 3.8) is 0 Å². The van der Waals surface area contributed by atoms with E-state index in [0.717, 1.165) is 6.07 Å². The average Bonchev–Trinajstić information content (AvgIpc) is 2.30. The first-order chi connectivity index (χ1) is 8.46. The third-order valence-electron chi connectivity index (χ3n) is 2.27. The highest BCUT2D eigenvalue weighted by Crippen LogP contribution is 2.20. The SMILES string of the molecule is CCC(C#N)S(=O)(=O)Nc1cccc(F)c1C#N. The van der Waals surface area contributed by atoms with Crippen molar-refractivity contribution in [1.29, 1.82) is 10.5 Å². The first kappa shape index (κ1) is 13.9. The first-order valence-corrected chi connectivity index (χ1v) is 6.60. The second-order valence-electron chi connectivity index (χ2n) is 3.45. The van der Waals surface area contributed by atoms with E-state index in [2.05, 4.69) is 4.72 Å². The molecular formula is C11H10FN3O2S. The van der Waals surface area contributed by atoms with Crippen LogP contribution in [0.1, 0.15) is 18.9 Å². The molecule has 1 aromatic rings. The van der Waals surface area contributed by atoms with Crippen LogP contribution in [0.5, 0.6) is 0 Å². The van der Waals surface area contributed by atoms with E-state index in [0.29, 0.717) is 0 Å². The summed E-state index contributed by atoms with van der Waals surface area (Å²) in [4.78, 5) is 0. The van der Waals surface area contributed by atoms with Gasteiger partial charge in [0.2, 0.25) is 10.0 Å². The molecule has 0 aromatic heterocycles. The van der Waals surface area contributed by atoms with Crippen molar-refractivity contribution in [2.24, 2.45) is 0 Å². The third kappa shape index (κ3) is 2.76. The molecular weight excluding hydrogens is 257 g/mol. The van der Waals surface area contributed by atoms with Crippen LogP contribution in [-0.2, 0) is 10.0 Å². The Labute approximate surface area is 105 Å². The minimum atomic E-state index is -3.95. The first-order valence-electron chi connectivity index (χ1n) is 5.06. The molecule has 1 atom stereocenters. The number of sulfonamides is 1. The molecule has 18 heavy (non-hydrogen) atoms. The molecule has 0 aliphatic rings. The van der Waals surface area contributed by atoms with Gasteiger partial charge in [-0.05, 0) is 18.6 Å². The van der Waals surface area contributed by atoms with Gasteiger partial charge in [-0.3, -0.25) is 4.72 Å². The fourth-order valence-corrected chi connectivity index (χ4v) is 2.52. The highest BCUT2D eigenvalue weighted by molar-refractivity contribution is 7.93. The lowest BCUT2D eigenvalue weighted by Gasteiger charge is -2.12. The summed E-state index contributed by atoms with van der Waals surface area (Å²) >= 11 is 0. The topological polar surface area (TPSA) is 93.8 Å². The predicted octanol–water partition coefficient (Wildman–Crippen LogP) is 1.74. The maximum Gasteiger partial charge on any atom is 0.249 e. The van der Waals surface area contributed by atoms with Crippen molar-refractivity contribution in [3.8, 4) is 12.1 Å². The number of nitriles is 2. The normalized spacial score (nSPS) is 12.2. The number of hydrogen-bond donors (Lipinski definition) is 1. The van der Waals surface area contributed by atoms with E-state index in [1.54, 1.807) is 19.1 Å². The number of nitrogens with one attached hydrogen (secondary N) is 1. The molecule has 0 radical (unpaired) electrons. The van der Waals surface area contributed by atoms with E-state index >= 15 is 0 Å². The van der Waals surface area contributed by atoms with Crippen molar-refractivity contribution < 1.29 is 12.8 Å². The largest absolute Gasteiger partial charge is 0.281 e. The summed E-state index contributed by atoms with van der Waals surface area (Å²) in [5, 5.41) is 16.2. The van der Waals surface area contributed by atoms with Gasteiger partial charge in [0.05, 0.1) is 11.8 Å². The molecule has 1 rings (SSSR count). The summed E-state index contributed by atoms with van der Waals surface area (Å²) in [6.07, 6.45) is 0.100. The van der Waals surface area contributed by atoms with Gasteiger partial charge in [-0.15, -0.1) is 0 Å². The molecule has 1 unspecified atom stereocenters. The zero-order chi connectivity index (χ0) is 13.8. The van der Waals surface area contributed by atoms with Crippen LogP contribution in [0.4, 0.5) is 10.1 Å². The van der Waals surface area contributed by atoms with E-state index in [1.165, 1.54) is 12.1 Å². The van der Waals surface area contributed by atoms with Crippen LogP contribution in [0.25, 0.3) is 0 Å². The van der Waals surface area contributed by atoms with Gasteiger partial charge in [-0.25, -0.2) is 12.8 Å². The van der Waals surface area contributed by atoms with Crippen LogP contribution < -0.4 is 4.72 Å². The quantitative estimate of drug-likeness (QED) is 0.899. The lowest BCUT2D eigenvalue weighted by molar-refractivity contribution is 0.592. The van der Waals surface area contributed by atoms with Crippen molar-refractivity contribution >= 4 is 15.7 Å². The molecule has 5 nitrogen and oxygen atoms in total. The van der Waals surface area contributed by atoms with E-state index < -0.39 is 26.7 Å². The van der Waals surface area contributed by atoms with Crippen molar-refractivity contribution in [3.05, 3.63) is 29.6 Å². The Balaban J connectivity index is 3.18. The highest BCUT2D eigenvalue weighted by atomic mass is 32.2. The molecule has 0 saturated carbocycles. The molecule has 0 aliphatic heterocycles. The van der Waals surface area contributed by atoms with E-state index in [1.807, 2.05) is 0 Å². The fraction of sp³-hybridized carbons (Fsp3) is 0.273. The Kier molecular flexibility index (Phi) is 4.24. The number of hydrogen-bond acceptors (Lipinski definition) is 4. The van der Waals surface area contributed by atoms with Crippen LogP contribution >= 0.6 is 0 Å². The molecule has 0 aliphatic carbocycles. The molecule has 0 saturated heterocycles. The van der Waals surface area contributed by atoms with Crippen LogP contribution in [-0.4, -0.2) is 13.7 Å². The maximum absolute atomic E-state index is 13.3. The molecule has 0 amide bonds. The summed E-state index contributed by atoms with van der Waals surface area (Å²) in [6.45, 7) is 1.55. The second-order valence-corrected chi connectivity index (χ2v) is 5.31. The van der Waals surface area contributed by atoms with Crippen LogP contribution in [0.2, 0.25) is 0 Å². The van der Waals surface area contributed by atoms with Gasteiger partial charge in [0, 0.05) is 0 Å². The lowest BCUT2D eigenvalue weighted by Crippen LogP contribution is -2.26. The number of halogens is 1. The number of rotatable bonds is 4. The fourth-order valence-electron chi connectivity index (χ4n) is 1.33. The Hall–Kier alpha value is -2.12. The third-order valence-corrected chi connectivity index (χ3v) is 3.96. The number of benzene rings is 1. The lowest BCUT2D eigenvalue weighted by atomic mass is 10.2. The molecule has 94 valence electrons. The van der Waals surface area contributed by atoms with Gasteiger partial charge in [0.15, 0.2) is 5.25 Å². The predicted molar refractivity (Wildman–Crippen MR) is 63.3 cm³/mol. The summed E-state index contributed by atoms with van der Waals surface area (Å²) in [5.74, 6) is -0.817. The Morgan fingerprint density at radius 2 is 2.11 bits per heavy atom. The van der Waals surface area contributed by atoms with Crippen LogP contribution in [0.3, 0.4) is 0 Å². The van der Waals surface area contributed by atoms with E-state index in [4.69, 9.17) is 10.5 Å². The highest BCUT2D eigenvalue weighted by Gasteiger charge is 2.24. The molecule has 0 spiro atoms. The minimum Gasteiger partial charge on any atom is -0.281 e. The van der Waals surface area contributed by atoms with Crippen molar-refractivity contribution in [1.82, 2.24) is 0 Å². The zero-order valence-electron chi connectivity index (χ0n) is 9.51. The molecule has 1 aromatic carbocycles. The van der Waals surface area contributed by atoms with Gasteiger partial charge in [0.25, 0.3) is 0 Å². The Morgan fingerprint density at radius 1 is 1.44 bits per heavy atom. The monoisotopic (exact) mass is 267 g/mol. The van der Waals surface area contributed by atoms with E-state index in [-0.39, 0.29) is 12.1 Å². The average molecular weight is 267 g/mol. The second kappa shape index (κ2) is 5.48. The number of anilines is 1. The summed E-state index contributed by atoms with van der Waals surface area (Å²) in [5.41, 5.74) is -0.555. The van der Waals surface area contributed by atoms with Crippen molar-refractivity contribution in [2.75, 3.05) is 4.72 Å². The van der Waals surface area contributed by atoms with Crippen molar-refractivity contribution in [2.45, 2.75) is 18.6 Å². The van der Waals surface area contributed by atoms with E-state index in [9.17, 15) is 12.8 Å². The zero-order valence-corrected chi connectivity index (χ0v) is 10.3. The maximum atomic E-state index is 13.3. The van der Waals surface area contributed by atoms with Gasteiger partial charge >= 0.3 is 0 Å². The molecule has 0 fully saturated rings. The van der Waals surface area contributed by atoms with Crippen LogP contribution in [0.15, 0.2) is 18.2 Å². The summed E-state index contributed by atoms with van der Waals surface area (Å²) in [7, 11) is -3.95. The van der Waals surface area contributed by atoms with Gasteiger partial charge in [-0.2, -0.15) is 10.5 Å². The smallest absolute Gasteiger partial charge is 0.249 e. The summed E-state index contributed by atoms with van der Waals surface area (Å²) < 4.78 is 38.9. The van der Waals surface area contributed by atoms with Gasteiger partial charge in [-0.1, -0.05) is 13.0 Å². The molecule has 1 N–H and O–H groups in total. The van der Waals surface area contributed by atoms with Gasteiger partial charge < -0.3 is 0 Å². The Morgan fingerprint density at radius 3 is 2.61 bits per heavy atom. The van der Waals surface area contributed by atoms with Gasteiger partial charge in [0.1, 0.15) is 17.4 Å². The van der Waals surface area contributed by atoms with Crippen LogP contribution in [0, 0.1) is 28.5 Å². The molecule has 0 bridgehead atoms. The standard InChI is InChI=1S/C11H10FN3O2S/c1-2-8(6-13)18(16,17)15-11-5-3-4-10(12)9(11)7-14/h3-5,8,15H,2H2,1H3. The summed E-state index contributed by atoms with van der Waals surface area (Å²) in [6, 6.07) is 6.81. The number of nitrogens with zero attached hydrogens (tertiary/aromatic N) is 2. The minimum absolute atomic E-state index is 0.100. The molecule has 0 heterocycles. The molecule has 7 heteroatoms.